The van der Waals surface area contributed by atoms with Gasteiger partial charge in [-0.15, -0.1) is 0 Å². The number of fused-ring (bicyclic) bond motifs is 1. The number of nitrogens with two attached hydrogens (primary N) is 2. The van der Waals surface area contributed by atoms with Crippen LogP contribution in [-0.4, -0.2) is 42.5 Å². The Balaban J connectivity index is 1.79. The van der Waals surface area contributed by atoms with Crippen molar-refractivity contribution in [3.63, 3.8) is 0 Å². The summed E-state index contributed by atoms with van der Waals surface area (Å²) in [5, 5.41) is 0. The van der Waals surface area contributed by atoms with Crippen molar-refractivity contribution in [3.8, 4) is 0 Å². The molecule has 7 nitrogen and oxygen atoms in total. The van der Waals surface area contributed by atoms with E-state index in [9.17, 15) is 9.59 Å². The molecule has 148 valence electrons. The summed E-state index contributed by atoms with van der Waals surface area (Å²) >= 11 is 0. The maximum Gasteiger partial charge on any atom is 0.344 e. The molecule has 8 heteroatoms. The first-order valence-corrected chi connectivity index (χ1v) is 9.08. The van der Waals surface area contributed by atoms with Crippen LogP contribution in [0.4, 0.5) is 10.1 Å². The van der Waals surface area contributed by atoms with Gasteiger partial charge in [-0.3, -0.25) is 0 Å². The second-order valence-corrected chi connectivity index (χ2v) is 7.01. The molecule has 0 saturated heterocycles. The van der Waals surface area contributed by atoms with Gasteiger partial charge >= 0.3 is 11.9 Å². The van der Waals surface area contributed by atoms with Gasteiger partial charge in [0.05, 0.1) is 25.9 Å². The van der Waals surface area contributed by atoms with Crippen LogP contribution in [0.15, 0.2) is 24.3 Å². The molecule has 0 spiro atoms. The van der Waals surface area contributed by atoms with Crippen molar-refractivity contribution in [2.24, 2.45) is 17.6 Å². The van der Waals surface area contributed by atoms with E-state index >= 15 is 4.39 Å². The highest BCUT2D eigenvalue weighted by Crippen LogP contribution is 2.67. The monoisotopic (exact) mass is 380 g/mol. The lowest BCUT2D eigenvalue weighted by Crippen LogP contribution is -2.61. The lowest BCUT2D eigenvalue weighted by molar-refractivity contribution is -0.163. The Labute approximate surface area is 157 Å². The minimum absolute atomic E-state index is 0.0519. The Morgan fingerprint density at radius 1 is 1.22 bits per heavy atom. The summed E-state index contributed by atoms with van der Waals surface area (Å²) in [6.45, 7) is 3.54. The molecule has 3 rings (SSSR count). The fourth-order valence-electron chi connectivity index (χ4n) is 4.16. The smallest absolute Gasteiger partial charge is 0.344 e. The number of hydrogen-bond acceptors (Lipinski definition) is 7. The van der Waals surface area contributed by atoms with Crippen LogP contribution >= 0.6 is 0 Å². The normalized spacial score (nSPS) is 34.0. The highest BCUT2D eigenvalue weighted by Gasteiger charge is 2.85. The second kappa shape index (κ2) is 7.09. The number of esters is 2. The highest BCUT2D eigenvalue weighted by atomic mass is 19.1. The molecule has 0 amide bonds. The third-order valence-corrected chi connectivity index (χ3v) is 5.42. The van der Waals surface area contributed by atoms with Gasteiger partial charge in [-0.1, -0.05) is 12.1 Å². The van der Waals surface area contributed by atoms with Crippen molar-refractivity contribution in [3.05, 3.63) is 29.8 Å². The number of carbonyl (C=O) groups excluding carboxylic acids is 2. The molecule has 27 heavy (non-hydrogen) atoms. The van der Waals surface area contributed by atoms with E-state index in [1.165, 1.54) is 0 Å². The van der Waals surface area contributed by atoms with Crippen molar-refractivity contribution in [1.82, 2.24) is 0 Å². The third kappa shape index (κ3) is 3.06. The minimum atomic E-state index is -2.27. The fourth-order valence-corrected chi connectivity index (χ4v) is 4.16. The van der Waals surface area contributed by atoms with E-state index in [1.807, 2.05) is 6.07 Å². The van der Waals surface area contributed by atoms with E-state index in [-0.39, 0.29) is 26.2 Å². The van der Waals surface area contributed by atoms with E-state index in [2.05, 4.69) is 0 Å². The van der Waals surface area contributed by atoms with Crippen LogP contribution in [0.5, 0.6) is 0 Å². The maximum atomic E-state index is 15.2. The van der Waals surface area contributed by atoms with Gasteiger partial charge in [-0.05, 0) is 38.0 Å². The molecule has 2 fully saturated rings. The summed E-state index contributed by atoms with van der Waals surface area (Å²) in [6, 6.07) is 7.11. The van der Waals surface area contributed by atoms with Gasteiger partial charge in [-0.2, -0.15) is 0 Å². The molecule has 1 aromatic rings. The number of rotatable bonds is 7. The molecule has 0 unspecified atom stereocenters. The number of benzene rings is 1. The number of ether oxygens (including phenoxy) is 3. The summed E-state index contributed by atoms with van der Waals surface area (Å²) in [5.74, 6) is -3.49. The third-order valence-electron chi connectivity index (χ3n) is 5.42. The lowest BCUT2D eigenvalue weighted by atomic mass is 9.87. The molecule has 0 aliphatic heterocycles. The van der Waals surface area contributed by atoms with Crippen molar-refractivity contribution in [2.75, 3.05) is 18.9 Å². The summed E-state index contributed by atoms with van der Waals surface area (Å²) in [5.41, 5.74) is 9.47. The van der Waals surface area contributed by atoms with Crippen LogP contribution in [0.1, 0.15) is 25.8 Å². The van der Waals surface area contributed by atoms with Gasteiger partial charge in [0.1, 0.15) is 5.54 Å². The Kier molecular flexibility index (Phi) is 5.14. The number of nitrogen functional groups attached to an aromatic ring is 1. The van der Waals surface area contributed by atoms with Gasteiger partial charge in [0, 0.05) is 17.5 Å². The van der Waals surface area contributed by atoms with E-state index in [1.54, 1.807) is 32.0 Å². The predicted octanol–water partition coefficient (Wildman–Crippen LogP) is 1.34. The average molecular weight is 380 g/mol. The fraction of sp³-hybridized carbons (Fsp3) is 0.579. The average Bonchev–Trinajstić information content (AvgIpc) is 3.10. The number of carbonyl (C=O) groups is 2. The van der Waals surface area contributed by atoms with Gasteiger partial charge in [0.15, 0.2) is 0 Å². The molecule has 5 atom stereocenters. The molecular formula is C19H25FN2O5. The number of anilines is 1. The predicted molar refractivity (Wildman–Crippen MR) is 95.1 cm³/mol. The summed E-state index contributed by atoms with van der Waals surface area (Å²) in [6.07, 6.45) is -0.635. The first kappa shape index (κ1) is 19.6. The van der Waals surface area contributed by atoms with Crippen LogP contribution in [0.25, 0.3) is 0 Å². The number of halogens is 1. The highest BCUT2D eigenvalue weighted by molar-refractivity contribution is 5.92. The molecule has 0 heterocycles. The molecule has 0 radical (unpaired) electrons. The van der Waals surface area contributed by atoms with Crippen molar-refractivity contribution in [1.29, 1.82) is 0 Å². The molecule has 1 aromatic carbocycles. The number of hydrogen-bond donors (Lipinski definition) is 2. The van der Waals surface area contributed by atoms with E-state index in [4.69, 9.17) is 25.7 Å². The van der Waals surface area contributed by atoms with Crippen molar-refractivity contribution >= 4 is 17.6 Å². The largest absolute Gasteiger partial charge is 0.465 e. The van der Waals surface area contributed by atoms with Crippen LogP contribution < -0.4 is 11.5 Å². The zero-order chi connectivity index (χ0) is 19.8. The van der Waals surface area contributed by atoms with Crippen molar-refractivity contribution in [2.45, 2.75) is 44.2 Å². The standard InChI is InChI=1S/C19H25FN2O5/c1-3-25-16(23)18(20)13-9-14(19(22,15(13)18)17(24)26-4-2)27-10-11-6-5-7-12(21)8-11/h5-8,13-15H,3-4,9-10,21-22H2,1-2H3/t13-,14-,15+,18-,19+/m1/s1. The van der Waals surface area contributed by atoms with Gasteiger partial charge in [0.25, 0.3) is 0 Å². The quantitative estimate of drug-likeness (QED) is 0.542. The Morgan fingerprint density at radius 2 is 1.89 bits per heavy atom. The molecule has 2 aliphatic rings. The van der Waals surface area contributed by atoms with Crippen LogP contribution in [0.3, 0.4) is 0 Å². The molecular weight excluding hydrogens is 355 g/mol. The van der Waals surface area contributed by atoms with Gasteiger partial charge in [-0.25, -0.2) is 14.0 Å². The second-order valence-electron chi connectivity index (χ2n) is 7.01. The SMILES string of the molecule is CCOC(=O)[C@@]1(N)[C@H]2[C@@H](C[C@H]1OCc1cccc(N)c1)[C@]2(F)C(=O)OCC. The van der Waals surface area contributed by atoms with E-state index in [0.29, 0.717) is 5.69 Å². The molecule has 0 aromatic heterocycles. The summed E-state index contributed by atoms with van der Waals surface area (Å²) in [4.78, 5) is 24.7. The van der Waals surface area contributed by atoms with Crippen LogP contribution in [0.2, 0.25) is 0 Å². The molecule has 2 aliphatic carbocycles. The van der Waals surface area contributed by atoms with Crippen LogP contribution in [-0.2, 0) is 30.4 Å². The zero-order valence-corrected chi connectivity index (χ0v) is 15.4. The summed E-state index contributed by atoms with van der Waals surface area (Å²) < 4.78 is 31.0. The minimum Gasteiger partial charge on any atom is -0.465 e. The summed E-state index contributed by atoms with van der Waals surface area (Å²) in [7, 11) is 0. The topological polar surface area (TPSA) is 114 Å². The maximum absolute atomic E-state index is 15.2. The van der Waals surface area contributed by atoms with E-state index < -0.39 is 41.1 Å². The Morgan fingerprint density at radius 3 is 2.52 bits per heavy atom. The van der Waals surface area contributed by atoms with E-state index in [0.717, 1.165) is 5.56 Å². The Hall–Kier alpha value is -2.19. The van der Waals surface area contributed by atoms with Crippen LogP contribution in [0, 0.1) is 11.8 Å². The number of alkyl halides is 1. The van der Waals surface area contributed by atoms with Gasteiger partial charge in [0.2, 0.25) is 5.67 Å². The first-order chi connectivity index (χ1) is 12.8. The Bertz CT molecular complexity index is 745. The van der Waals surface area contributed by atoms with Gasteiger partial charge < -0.3 is 25.7 Å². The zero-order valence-electron chi connectivity index (χ0n) is 15.4. The molecule has 4 N–H and O–H groups in total. The lowest BCUT2D eigenvalue weighted by Gasteiger charge is -2.33. The molecule has 2 saturated carbocycles. The van der Waals surface area contributed by atoms with Crippen molar-refractivity contribution < 1.29 is 28.2 Å². The molecule has 0 bridgehead atoms. The first-order valence-electron chi connectivity index (χ1n) is 9.08.